The number of hydrogen-bond donors (Lipinski definition) is 1. The molecular formula is C13H16N2OS. The largest absolute Gasteiger partial charge is 0.466 e. The molecule has 0 aliphatic heterocycles. The van der Waals surface area contributed by atoms with Crippen molar-refractivity contribution in [1.29, 1.82) is 0 Å². The number of furan rings is 1. The number of thiazole rings is 1. The topological polar surface area (TPSA) is 38.1 Å². The molecule has 1 fully saturated rings. The maximum Gasteiger partial charge on any atom is 0.110 e. The quantitative estimate of drug-likeness (QED) is 0.902. The summed E-state index contributed by atoms with van der Waals surface area (Å²) < 4.78 is 5.54. The molecule has 0 unspecified atom stereocenters. The lowest BCUT2D eigenvalue weighted by Gasteiger charge is -1.97. The Balaban J connectivity index is 1.76. The van der Waals surface area contributed by atoms with E-state index in [1.54, 1.807) is 11.3 Å². The molecule has 1 aliphatic carbocycles. The van der Waals surface area contributed by atoms with E-state index in [0.717, 1.165) is 40.4 Å². The number of aryl methyl sites for hydroxylation is 2. The van der Waals surface area contributed by atoms with Crippen molar-refractivity contribution in [3.63, 3.8) is 0 Å². The predicted molar refractivity (Wildman–Crippen MR) is 69.2 cm³/mol. The third-order valence-corrected chi connectivity index (χ3v) is 3.84. The molecule has 1 N–H and O–H groups in total. The first-order valence-electron chi connectivity index (χ1n) is 5.97. The van der Waals surface area contributed by atoms with E-state index in [2.05, 4.69) is 21.7 Å². The summed E-state index contributed by atoms with van der Waals surface area (Å²) in [5.41, 5.74) is 2.16. The second-order valence-electron chi connectivity index (χ2n) is 4.61. The summed E-state index contributed by atoms with van der Waals surface area (Å²) in [5.74, 6) is 1.90. The average Bonchev–Trinajstić information content (AvgIpc) is 2.90. The lowest BCUT2D eigenvalue weighted by Crippen LogP contribution is -2.14. The summed E-state index contributed by atoms with van der Waals surface area (Å²) in [6, 6.07) is 2.79. The Hall–Kier alpha value is -1.13. The van der Waals surface area contributed by atoms with Crippen LogP contribution in [-0.4, -0.2) is 11.0 Å². The highest BCUT2D eigenvalue weighted by Gasteiger charge is 2.20. The molecule has 0 radical (unpaired) electrons. The minimum absolute atomic E-state index is 0.736. The predicted octanol–water partition coefficient (Wildman–Crippen LogP) is 3.27. The summed E-state index contributed by atoms with van der Waals surface area (Å²) in [6.45, 7) is 4.85. The van der Waals surface area contributed by atoms with E-state index in [0.29, 0.717) is 0 Å². The molecule has 0 bridgehead atoms. The number of hydrogen-bond acceptors (Lipinski definition) is 4. The maximum absolute atomic E-state index is 5.54. The van der Waals surface area contributed by atoms with Gasteiger partial charge in [-0.05, 0) is 32.8 Å². The molecular weight excluding hydrogens is 232 g/mol. The molecule has 1 aliphatic rings. The number of aromatic nitrogens is 1. The Labute approximate surface area is 105 Å². The molecule has 1 saturated carbocycles. The van der Waals surface area contributed by atoms with Crippen LogP contribution in [0.25, 0.3) is 11.3 Å². The molecule has 0 saturated heterocycles. The van der Waals surface area contributed by atoms with Crippen molar-refractivity contribution >= 4 is 11.3 Å². The molecule has 0 spiro atoms. The summed E-state index contributed by atoms with van der Waals surface area (Å²) in [5, 5.41) is 6.75. The maximum atomic E-state index is 5.54. The fraction of sp³-hybridized carbons (Fsp3) is 0.462. The zero-order valence-electron chi connectivity index (χ0n) is 10.1. The van der Waals surface area contributed by atoms with Gasteiger partial charge in [0.25, 0.3) is 0 Å². The van der Waals surface area contributed by atoms with Crippen molar-refractivity contribution in [3.05, 3.63) is 28.0 Å². The minimum atomic E-state index is 0.736. The lowest BCUT2D eigenvalue weighted by molar-refractivity contribution is 0.505. The highest BCUT2D eigenvalue weighted by atomic mass is 32.1. The average molecular weight is 248 g/mol. The second-order valence-corrected chi connectivity index (χ2v) is 5.55. The Morgan fingerprint density at radius 1 is 1.47 bits per heavy atom. The van der Waals surface area contributed by atoms with Crippen LogP contribution in [0, 0.1) is 13.8 Å². The van der Waals surface area contributed by atoms with Crippen molar-refractivity contribution < 1.29 is 4.42 Å². The third kappa shape index (κ3) is 2.42. The van der Waals surface area contributed by atoms with E-state index >= 15 is 0 Å². The zero-order chi connectivity index (χ0) is 11.8. The van der Waals surface area contributed by atoms with Gasteiger partial charge in [0.15, 0.2) is 0 Å². The van der Waals surface area contributed by atoms with Gasteiger partial charge in [-0.2, -0.15) is 0 Å². The van der Waals surface area contributed by atoms with Crippen LogP contribution in [0.3, 0.4) is 0 Å². The SMILES string of the molecule is Cc1cc(-c2csc(CNC3CC3)n2)c(C)o1. The smallest absolute Gasteiger partial charge is 0.110 e. The van der Waals surface area contributed by atoms with E-state index in [4.69, 9.17) is 4.42 Å². The van der Waals surface area contributed by atoms with Gasteiger partial charge >= 0.3 is 0 Å². The van der Waals surface area contributed by atoms with Gasteiger partial charge in [0.05, 0.1) is 5.69 Å². The van der Waals surface area contributed by atoms with Gasteiger partial charge in [0, 0.05) is 23.5 Å². The van der Waals surface area contributed by atoms with Gasteiger partial charge < -0.3 is 9.73 Å². The Morgan fingerprint density at radius 2 is 2.29 bits per heavy atom. The minimum Gasteiger partial charge on any atom is -0.466 e. The van der Waals surface area contributed by atoms with Crippen LogP contribution in [0.1, 0.15) is 29.4 Å². The number of nitrogens with one attached hydrogen (secondary N) is 1. The molecule has 2 aromatic rings. The summed E-state index contributed by atoms with van der Waals surface area (Å²) in [4.78, 5) is 4.65. The molecule has 2 heterocycles. The van der Waals surface area contributed by atoms with E-state index in [9.17, 15) is 0 Å². The fourth-order valence-electron chi connectivity index (χ4n) is 1.92. The van der Waals surface area contributed by atoms with Crippen molar-refractivity contribution in [1.82, 2.24) is 10.3 Å². The van der Waals surface area contributed by atoms with Gasteiger partial charge in [-0.1, -0.05) is 0 Å². The lowest BCUT2D eigenvalue weighted by atomic mass is 10.2. The molecule has 2 aromatic heterocycles. The van der Waals surface area contributed by atoms with Crippen LogP contribution in [0.15, 0.2) is 15.9 Å². The second kappa shape index (κ2) is 4.27. The van der Waals surface area contributed by atoms with Crippen LogP contribution in [0.4, 0.5) is 0 Å². The van der Waals surface area contributed by atoms with Crippen LogP contribution in [0.2, 0.25) is 0 Å². The highest BCUT2D eigenvalue weighted by Crippen LogP contribution is 2.28. The molecule has 3 nitrogen and oxygen atoms in total. The van der Waals surface area contributed by atoms with E-state index in [-0.39, 0.29) is 0 Å². The fourth-order valence-corrected chi connectivity index (χ4v) is 2.67. The highest BCUT2D eigenvalue weighted by molar-refractivity contribution is 7.09. The molecule has 0 amide bonds. The van der Waals surface area contributed by atoms with Crippen molar-refractivity contribution in [3.8, 4) is 11.3 Å². The zero-order valence-corrected chi connectivity index (χ0v) is 10.9. The van der Waals surface area contributed by atoms with Crippen LogP contribution in [0.5, 0.6) is 0 Å². The standard InChI is InChI=1S/C13H16N2OS/c1-8-5-11(9(2)16-8)12-7-17-13(15-12)6-14-10-3-4-10/h5,7,10,14H,3-4,6H2,1-2H3. The molecule has 0 atom stereocenters. The van der Waals surface area contributed by atoms with Gasteiger partial charge in [-0.3, -0.25) is 0 Å². The first kappa shape index (κ1) is 11.0. The first-order valence-corrected chi connectivity index (χ1v) is 6.85. The van der Waals surface area contributed by atoms with Crippen molar-refractivity contribution in [2.75, 3.05) is 0 Å². The van der Waals surface area contributed by atoms with Crippen LogP contribution in [-0.2, 0) is 6.54 Å². The van der Waals surface area contributed by atoms with Crippen molar-refractivity contribution in [2.45, 2.75) is 39.3 Å². The molecule has 4 heteroatoms. The number of nitrogens with zero attached hydrogens (tertiary/aromatic N) is 1. The molecule has 17 heavy (non-hydrogen) atoms. The van der Waals surface area contributed by atoms with Gasteiger partial charge in [-0.15, -0.1) is 11.3 Å². The summed E-state index contributed by atoms with van der Waals surface area (Å²) in [6.07, 6.45) is 2.64. The van der Waals surface area contributed by atoms with Gasteiger partial charge in [-0.25, -0.2) is 4.98 Å². The van der Waals surface area contributed by atoms with E-state index in [1.807, 2.05) is 13.8 Å². The van der Waals surface area contributed by atoms with Gasteiger partial charge in [0.1, 0.15) is 16.5 Å². The van der Waals surface area contributed by atoms with Crippen LogP contribution >= 0.6 is 11.3 Å². The molecule has 90 valence electrons. The normalized spacial score (nSPS) is 15.4. The van der Waals surface area contributed by atoms with E-state index < -0.39 is 0 Å². The van der Waals surface area contributed by atoms with E-state index in [1.165, 1.54) is 12.8 Å². The number of rotatable bonds is 4. The molecule has 0 aromatic carbocycles. The Bertz CT molecular complexity index is 525. The monoisotopic (exact) mass is 248 g/mol. The van der Waals surface area contributed by atoms with Crippen LogP contribution < -0.4 is 5.32 Å². The Morgan fingerprint density at radius 3 is 2.94 bits per heavy atom. The Kier molecular flexibility index (Phi) is 2.76. The van der Waals surface area contributed by atoms with Crippen molar-refractivity contribution in [2.24, 2.45) is 0 Å². The molecule has 3 rings (SSSR count). The summed E-state index contributed by atoms with van der Waals surface area (Å²) in [7, 11) is 0. The summed E-state index contributed by atoms with van der Waals surface area (Å²) >= 11 is 1.72. The van der Waals surface area contributed by atoms with Gasteiger partial charge in [0.2, 0.25) is 0 Å². The third-order valence-electron chi connectivity index (χ3n) is 2.99. The first-order chi connectivity index (χ1) is 8.22.